The van der Waals surface area contributed by atoms with Crippen LogP contribution in [0.2, 0.25) is 0 Å². The number of hydrogen-bond donors (Lipinski definition) is 1. The molecular formula is C25H26N2O2. The van der Waals surface area contributed by atoms with E-state index in [1.807, 2.05) is 69.3 Å². The van der Waals surface area contributed by atoms with Crippen molar-refractivity contribution in [3.63, 3.8) is 0 Å². The Hall–Kier alpha value is -3.40. The first-order chi connectivity index (χ1) is 14.0. The molecular weight excluding hydrogens is 360 g/mol. The van der Waals surface area contributed by atoms with Crippen LogP contribution in [0.25, 0.3) is 0 Å². The lowest BCUT2D eigenvalue weighted by Gasteiger charge is -2.21. The number of anilines is 1. The van der Waals surface area contributed by atoms with Crippen molar-refractivity contribution in [3.8, 4) is 0 Å². The average molecular weight is 386 g/mol. The molecule has 3 rings (SSSR count). The third kappa shape index (κ3) is 5.11. The van der Waals surface area contributed by atoms with Gasteiger partial charge in [0.1, 0.15) is 0 Å². The molecule has 0 heterocycles. The van der Waals surface area contributed by atoms with E-state index >= 15 is 0 Å². The molecule has 4 nitrogen and oxygen atoms in total. The smallest absolute Gasteiger partial charge is 0.255 e. The van der Waals surface area contributed by atoms with E-state index in [1.165, 1.54) is 5.56 Å². The standard InChI is InChI=1S/C25H26N2O2/c1-4-27(17-20-9-6-5-7-10-20)25(29)22-12-8-11-21(16-22)24(28)26-23-14-13-18(2)19(3)15-23/h5-16H,4,17H2,1-3H3,(H,26,28). The Morgan fingerprint density at radius 3 is 2.24 bits per heavy atom. The number of nitrogens with zero attached hydrogens (tertiary/aromatic N) is 1. The molecule has 0 atom stereocenters. The van der Waals surface area contributed by atoms with Crippen LogP contribution in [0.4, 0.5) is 5.69 Å². The second-order valence-corrected chi connectivity index (χ2v) is 7.14. The molecule has 0 bridgehead atoms. The molecule has 3 aromatic carbocycles. The number of rotatable bonds is 6. The van der Waals surface area contributed by atoms with Gasteiger partial charge in [-0.15, -0.1) is 0 Å². The van der Waals surface area contributed by atoms with Crippen molar-refractivity contribution < 1.29 is 9.59 Å². The molecule has 29 heavy (non-hydrogen) atoms. The Bertz CT molecular complexity index is 1010. The highest BCUT2D eigenvalue weighted by molar-refractivity contribution is 6.06. The first-order valence-corrected chi connectivity index (χ1v) is 9.80. The summed E-state index contributed by atoms with van der Waals surface area (Å²) in [5, 5.41) is 2.91. The fourth-order valence-electron chi connectivity index (χ4n) is 3.13. The minimum absolute atomic E-state index is 0.0859. The zero-order valence-corrected chi connectivity index (χ0v) is 17.1. The van der Waals surface area contributed by atoms with E-state index in [4.69, 9.17) is 0 Å². The second kappa shape index (κ2) is 9.20. The number of carbonyl (C=O) groups is 2. The summed E-state index contributed by atoms with van der Waals surface area (Å²) in [7, 11) is 0. The SMILES string of the molecule is CCN(Cc1ccccc1)C(=O)c1cccc(C(=O)Nc2ccc(C)c(C)c2)c1. The maximum absolute atomic E-state index is 13.0. The van der Waals surface area contributed by atoms with Gasteiger partial charge in [0.05, 0.1) is 0 Å². The Morgan fingerprint density at radius 1 is 0.828 bits per heavy atom. The summed E-state index contributed by atoms with van der Waals surface area (Å²) < 4.78 is 0. The van der Waals surface area contributed by atoms with Gasteiger partial charge in [0.15, 0.2) is 0 Å². The molecule has 0 fully saturated rings. The lowest BCUT2D eigenvalue weighted by molar-refractivity contribution is 0.0752. The number of carbonyl (C=O) groups excluding carboxylic acids is 2. The first-order valence-electron chi connectivity index (χ1n) is 9.80. The minimum atomic E-state index is -0.228. The van der Waals surface area contributed by atoms with Crippen LogP contribution in [-0.4, -0.2) is 23.3 Å². The summed E-state index contributed by atoms with van der Waals surface area (Å²) in [6.07, 6.45) is 0. The van der Waals surface area contributed by atoms with Crippen LogP contribution < -0.4 is 5.32 Å². The van der Waals surface area contributed by atoms with Crippen molar-refractivity contribution >= 4 is 17.5 Å². The van der Waals surface area contributed by atoms with Crippen LogP contribution in [0.1, 0.15) is 44.3 Å². The maximum atomic E-state index is 13.0. The summed E-state index contributed by atoms with van der Waals surface area (Å²) in [6.45, 7) is 7.13. The van der Waals surface area contributed by atoms with E-state index in [-0.39, 0.29) is 11.8 Å². The molecule has 0 aliphatic heterocycles. The normalized spacial score (nSPS) is 10.4. The summed E-state index contributed by atoms with van der Waals surface area (Å²) in [4.78, 5) is 27.4. The third-order valence-electron chi connectivity index (χ3n) is 5.02. The zero-order valence-electron chi connectivity index (χ0n) is 17.1. The molecule has 0 spiro atoms. The lowest BCUT2D eigenvalue weighted by Crippen LogP contribution is -2.30. The minimum Gasteiger partial charge on any atom is -0.335 e. The van der Waals surface area contributed by atoms with Gasteiger partial charge in [0.25, 0.3) is 11.8 Å². The Balaban J connectivity index is 1.75. The van der Waals surface area contributed by atoms with Crippen molar-refractivity contribution in [2.75, 3.05) is 11.9 Å². The van der Waals surface area contributed by atoms with Gasteiger partial charge in [-0.05, 0) is 67.8 Å². The predicted octanol–water partition coefficient (Wildman–Crippen LogP) is 5.22. The molecule has 4 heteroatoms. The number of hydrogen-bond acceptors (Lipinski definition) is 2. The van der Waals surface area contributed by atoms with Crippen LogP contribution in [0.5, 0.6) is 0 Å². The van der Waals surface area contributed by atoms with Gasteiger partial charge < -0.3 is 10.2 Å². The van der Waals surface area contributed by atoms with Crippen LogP contribution in [0.15, 0.2) is 72.8 Å². The lowest BCUT2D eigenvalue weighted by atomic mass is 10.1. The fraction of sp³-hybridized carbons (Fsp3) is 0.200. The largest absolute Gasteiger partial charge is 0.335 e. The van der Waals surface area contributed by atoms with Gasteiger partial charge in [-0.3, -0.25) is 9.59 Å². The van der Waals surface area contributed by atoms with Crippen molar-refractivity contribution in [2.45, 2.75) is 27.3 Å². The summed E-state index contributed by atoms with van der Waals surface area (Å²) >= 11 is 0. The number of amides is 2. The Kier molecular flexibility index (Phi) is 6.45. The summed E-state index contributed by atoms with van der Waals surface area (Å²) in [6, 6.07) is 22.6. The molecule has 2 amide bonds. The molecule has 0 aliphatic rings. The molecule has 0 aliphatic carbocycles. The van der Waals surface area contributed by atoms with E-state index in [0.717, 1.165) is 16.8 Å². The Labute approximate surface area is 172 Å². The molecule has 0 unspecified atom stereocenters. The number of aryl methyl sites for hydroxylation is 2. The number of nitrogens with one attached hydrogen (secondary N) is 1. The van der Waals surface area contributed by atoms with E-state index < -0.39 is 0 Å². The molecule has 3 aromatic rings. The monoisotopic (exact) mass is 386 g/mol. The van der Waals surface area contributed by atoms with Crippen molar-refractivity contribution in [2.24, 2.45) is 0 Å². The van der Waals surface area contributed by atoms with Gasteiger partial charge in [0.2, 0.25) is 0 Å². The molecule has 0 radical (unpaired) electrons. The highest BCUT2D eigenvalue weighted by Crippen LogP contribution is 2.17. The molecule has 148 valence electrons. The molecule has 0 saturated carbocycles. The van der Waals surface area contributed by atoms with Crippen molar-refractivity contribution in [1.29, 1.82) is 0 Å². The van der Waals surface area contributed by atoms with E-state index in [2.05, 4.69) is 5.32 Å². The van der Waals surface area contributed by atoms with Crippen LogP contribution in [0, 0.1) is 13.8 Å². The van der Waals surface area contributed by atoms with Crippen molar-refractivity contribution in [1.82, 2.24) is 4.90 Å². The fourth-order valence-corrected chi connectivity index (χ4v) is 3.13. The quantitative estimate of drug-likeness (QED) is 0.631. The zero-order chi connectivity index (χ0) is 20.8. The highest BCUT2D eigenvalue weighted by Gasteiger charge is 2.16. The van der Waals surface area contributed by atoms with Gasteiger partial charge in [0, 0.05) is 29.9 Å². The van der Waals surface area contributed by atoms with E-state index in [1.54, 1.807) is 29.2 Å². The summed E-state index contributed by atoms with van der Waals surface area (Å²) in [5.41, 5.74) is 5.08. The predicted molar refractivity (Wildman–Crippen MR) is 117 cm³/mol. The summed E-state index contributed by atoms with van der Waals surface area (Å²) in [5.74, 6) is -0.314. The topological polar surface area (TPSA) is 49.4 Å². The van der Waals surface area contributed by atoms with Gasteiger partial charge in [-0.25, -0.2) is 0 Å². The number of benzene rings is 3. The van der Waals surface area contributed by atoms with Gasteiger partial charge >= 0.3 is 0 Å². The van der Waals surface area contributed by atoms with Crippen LogP contribution in [0.3, 0.4) is 0 Å². The van der Waals surface area contributed by atoms with Crippen molar-refractivity contribution in [3.05, 3.63) is 101 Å². The second-order valence-electron chi connectivity index (χ2n) is 7.14. The van der Waals surface area contributed by atoms with Gasteiger partial charge in [-0.1, -0.05) is 42.5 Å². The highest BCUT2D eigenvalue weighted by atomic mass is 16.2. The average Bonchev–Trinajstić information content (AvgIpc) is 2.75. The first kappa shape index (κ1) is 20.3. The third-order valence-corrected chi connectivity index (χ3v) is 5.02. The van der Waals surface area contributed by atoms with E-state index in [9.17, 15) is 9.59 Å². The van der Waals surface area contributed by atoms with Gasteiger partial charge in [-0.2, -0.15) is 0 Å². The maximum Gasteiger partial charge on any atom is 0.255 e. The Morgan fingerprint density at radius 2 is 1.55 bits per heavy atom. The van der Waals surface area contributed by atoms with Crippen LogP contribution in [-0.2, 0) is 6.54 Å². The van der Waals surface area contributed by atoms with Crippen LogP contribution >= 0.6 is 0 Å². The molecule has 0 saturated heterocycles. The molecule has 1 N–H and O–H groups in total. The van der Waals surface area contributed by atoms with E-state index in [0.29, 0.717) is 24.2 Å². The molecule has 0 aromatic heterocycles.